The van der Waals surface area contributed by atoms with Gasteiger partial charge in [-0.3, -0.25) is 4.79 Å². The van der Waals surface area contributed by atoms with Crippen molar-refractivity contribution in [2.45, 2.75) is 36.6 Å². The van der Waals surface area contributed by atoms with Crippen LogP contribution in [0.15, 0.2) is 24.3 Å². The molecule has 1 aliphatic carbocycles. The van der Waals surface area contributed by atoms with Gasteiger partial charge in [0.05, 0.1) is 17.3 Å². The number of likely N-dealkylation sites (N-methyl/N-ethyl adjacent to an activating group) is 1. The second kappa shape index (κ2) is 7.73. The Hall–Kier alpha value is -1.09. The fraction of sp³-hybridized carbons (Fsp3) is 0.632. The van der Waals surface area contributed by atoms with Crippen LogP contribution >= 0.6 is 11.8 Å². The molecule has 0 aromatic heterocycles. The van der Waals surface area contributed by atoms with Crippen LogP contribution in [0.3, 0.4) is 0 Å². The van der Waals surface area contributed by atoms with E-state index in [2.05, 4.69) is 17.4 Å². The molecule has 1 amide bonds. The number of nitrogens with one attached hydrogen (secondary N) is 1. The van der Waals surface area contributed by atoms with E-state index in [4.69, 9.17) is 0 Å². The van der Waals surface area contributed by atoms with E-state index in [0.717, 1.165) is 24.3 Å². The number of nitrogens with zero attached hydrogens (tertiary/aromatic N) is 2. The number of amides is 1. The smallest absolute Gasteiger partial charge is 0.240 e. The van der Waals surface area contributed by atoms with Gasteiger partial charge in [-0.15, -0.1) is 0 Å². The predicted octanol–water partition coefficient (Wildman–Crippen LogP) is 1.24. The minimum Gasteiger partial charge on any atom is -0.337 e. The van der Waals surface area contributed by atoms with E-state index >= 15 is 0 Å². The van der Waals surface area contributed by atoms with Gasteiger partial charge in [0.25, 0.3) is 0 Å². The normalized spacial score (nSPS) is 28.9. The first-order chi connectivity index (χ1) is 13.0. The van der Waals surface area contributed by atoms with Crippen LogP contribution in [0.5, 0.6) is 0 Å². The Morgan fingerprint density at radius 3 is 2.78 bits per heavy atom. The van der Waals surface area contributed by atoms with E-state index in [1.807, 2.05) is 24.1 Å². The maximum absolute atomic E-state index is 13.0. The zero-order chi connectivity index (χ0) is 19.0. The lowest BCUT2D eigenvalue weighted by Gasteiger charge is -2.29. The number of hydrogen-bond acceptors (Lipinski definition) is 5. The molecule has 8 heteroatoms. The average Bonchev–Trinajstić information content (AvgIpc) is 3.35. The van der Waals surface area contributed by atoms with Gasteiger partial charge in [0.2, 0.25) is 15.9 Å². The summed E-state index contributed by atoms with van der Waals surface area (Å²) >= 11 is 1.79. The second-order valence-electron chi connectivity index (χ2n) is 7.58. The number of carbonyl (C=O) groups excluding carboxylic acids is 1. The third kappa shape index (κ3) is 3.64. The summed E-state index contributed by atoms with van der Waals surface area (Å²) in [5.41, 5.74) is 2.53. The first kappa shape index (κ1) is 19.2. The third-order valence-corrected chi connectivity index (χ3v) is 9.29. The zero-order valence-electron chi connectivity index (χ0n) is 15.6. The molecule has 1 N–H and O–H groups in total. The molecule has 0 saturated carbocycles. The van der Waals surface area contributed by atoms with Gasteiger partial charge in [0, 0.05) is 38.2 Å². The molecule has 3 aliphatic rings. The molecule has 3 atom stereocenters. The summed E-state index contributed by atoms with van der Waals surface area (Å²) in [4.78, 5) is 14.9. The number of hydrogen-bond donors (Lipinski definition) is 1. The molecule has 0 radical (unpaired) electrons. The molecule has 1 aromatic carbocycles. The Labute approximate surface area is 165 Å². The molecular formula is C19H27N3O3S2. The van der Waals surface area contributed by atoms with Gasteiger partial charge < -0.3 is 10.2 Å². The van der Waals surface area contributed by atoms with E-state index in [0.29, 0.717) is 26.1 Å². The summed E-state index contributed by atoms with van der Waals surface area (Å²) in [5.74, 6) is 1.71. The maximum atomic E-state index is 13.0. The number of rotatable bonds is 4. The van der Waals surface area contributed by atoms with Crippen LogP contribution in [0.1, 0.15) is 30.0 Å². The standard InChI is InChI=1S/C19H27N3O3S2/c1-21(18-7-6-14-4-2-3-5-16(14)18)19(23)17-12-15(13-20-17)27(24,25)22-8-10-26-11-9-22/h2-5,15,17-18,20H,6-13H2,1H3. The quantitative estimate of drug-likeness (QED) is 0.810. The second-order valence-corrected chi connectivity index (χ2v) is 11.0. The first-order valence-electron chi connectivity index (χ1n) is 9.63. The Balaban J connectivity index is 1.42. The Morgan fingerprint density at radius 1 is 1.26 bits per heavy atom. The van der Waals surface area contributed by atoms with Crippen molar-refractivity contribution in [3.8, 4) is 0 Å². The number of sulfonamides is 1. The van der Waals surface area contributed by atoms with E-state index in [1.54, 1.807) is 16.1 Å². The third-order valence-electron chi connectivity index (χ3n) is 6.06. The Bertz CT molecular complexity index is 808. The van der Waals surface area contributed by atoms with Gasteiger partial charge >= 0.3 is 0 Å². The van der Waals surface area contributed by atoms with Gasteiger partial charge in [-0.25, -0.2) is 8.42 Å². The monoisotopic (exact) mass is 409 g/mol. The summed E-state index contributed by atoms with van der Waals surface area (Å²) in [6, 6.07) is 7.95. The fourth-order valence-corrected chi connectivity index (χ4v) is 7.46. The number of thioether (sulfide) groups is 1. The van der Waals surface area contributed by atoms with Crippen molar-refractivity contribution in [1.29, 1.82) is 0 Å². The zero-order valence-corrected chi connectivity index (χ0v) is 17.3. The van der Waals surface area contributed by atoms with E-state index in [9.17, 15) is 13.2 Å². The molecule has 3 unspecified atom stereocenters. The highest BCUT2D eigenvalue weighted by molar-refractivity contribution is 7.99. The van der Waals surface area contributed by atoms with Crippen LogP contribution < -0.4 is 5.32 Å². The molecule has 2 aliphatic heterocycles. The fourth-order valence-electron chi connectivity index (χ4n) is 4.47. The van der Waals surface area contributed by atoms with Crippen molar-refractivity contribution in [3.05, 3.63) is 35.4 Å². The largest absolute Gasteiger partial charge is 0.337 e. The minimum absolute atomic E-state index is 0.00334. The Morgan fingerprint density at radius 2 is 2.00 bits per heavy atom. The van der Waals surface area contributed by atoms with E-state index < -0.39 is 21.3 Å². The van der Waals surface area contributed by atoms with Crippen LogP contribution in [-0.4, -0.2) is 73.0 Å². The summed E-state index contributed by atoms with van der Waals surface area (Å²) in [5, 5.41) is 2.68. The van der Waals surface area contributed by atoms with Crippen molar-refractivity contribution in [2.75, 3.05) is 38.2 Å². The van der Waals surface area contributed by atoms with Crippen LogP contribution in [0, 0.1) is 0 Å². The van der Waals surface area contributed by atoms with Crippen LogP contribution in [0.4, 0.5) is 0 Å². The molecule has 2 fully saturated rings. The highest BCUT2D eigenvalue weighted by atomic mass is 32.2. The van der Waals surface area contributed by atoms with Gasteiger partial charge in [-0.1, -0.05) is 24.3 Å². The van der Waals surface area contributed by atoms with E-state index in [1.165, 1.54) is 11.1 Å². The number of aryl methyl sites for hydroxylation is 1. The molecular weight excluding hydrogens is 382 g/mol. The molecule has 6 nitrogen and oxygen atoms in total. The molecule has 0 spiro atoms. The average molecular weight is 410 g/mol. The van der Waals surface area contributed by atoms with Gasteiger partial charge in [0.1, 0.15) is 0 Å². The van der Waals surface area contributed by atoms with Crippen molar-refractivity contribution >= 4 is 27.7 Å². The molecule has 27 heavy (non-hydrogen) atoms. The molecule has 4 rings (SSSR count). The maximum Gasteiger partial charge on any atom is 0.240 e. The lowest BCUT2D eigenvalue weighted by molar-refractivity contribution is -0.134. The number of benzene rings is 1. The van der Waals surface area contributed by atoms with Gasteiger partial charge in [-0.05, 0) is 30.4 Å². The number of carbonyl (C=O) groups is 1. The van der Waals surface area contributed by atoms with Crippen LogP contribution in [-0.2, 0) is 21.2 Å². The minimum atomic E-state index is -3.33. The summed E-state index contributed by atoms with van der Waals surface area (Å²) in [7, 11) is -1.49. The van der Waals surface area contributed by atoms with Crippen LogP contribution in [0.2, 0.25) is 0 Å². The van der Waals surface area contributed by atoms with Crippen molar-refractivity contribution in [2.24, 2.45) is 0 Å². The van der Waals surface area contributed by atoms with Crippen molar-refractivity contribution in [3.63, 3.8) is 0 Å². The summed E-state index contributed by atoms with van der Waals surface area (Å²) in [6.45, 7) is 1.53. The topological polar surface area (TPSA) is 69.7 Å². The van der Waals surface area contributed by atoms with Gasteiger partial charge in [0.15, 0.2) is 0 Å². The molecule has 2 heterocycles. The summed E-state index contributed by atoms with van der Waals surface area (Å²) in [6.07, 6.45) is 2.28. The molecule has 1 aromatic rings. The lowest BCUT2D eigenvalue weighted by Crippen LogP contribution is -2.44. The SMILES string of the molecule is CN(C(=O)C1CC(S(=O)(=O)N2CCSCC2)CN1)C1CCc2ccccc21. The van der Waals surface area contributed by atoms with Crippen molar-refractivity contribution < 1.29 is 13.2 Å². The van der Waals surface area contributed by atoms with Crippen LogP contribution in [0.25, 0.3) is 0 Å². The Kier molecular flexibility index (Phi) is 5.51. The molecule has 148 valence electrons. The highest BCUT2D eigenvalue weighted by Crippen LogP contribution is 2.35. The van der Waals surface area contributed by atoms with E-state index in [-0.39, 0.29) is 11.9 Å². The van der Waals surface area contributed by atoms with Crippen molar-refractivity contribution in [1.82, 2.24) is 14.5 Å². The highest BCUT2D eigenvalue weighted by Gasteiger charge is 2.42. The molecule has 0 bridgehead atoms. The number of fused-ring (bicyclic) bond motifs is 1. The lowest BCUT2D eigenvalue weighted by atomic mass is 10.1. The predicted molar refractivity (Wildman–Crippen MR) is 108 cm³/mol. The first-order valence-corrected chi connectivity index (χ1v) is 12.3. The summed E-state index contributed by atoms with van der Waals surface area (Å²) < 4.78 is 27.4. The van der Waals surface area contributed by atoms with Gasteiger partial charge in [-0.2, -0.15) is 16.1 Å². The molecule has 2 saturated heterocycles.